The van der Waals surface area contributed by atoms with E-state index >= 15 is 0 Å². The lowest BCUT2D eigenvalue weighted by Gasteiger charge is -2.09. The fourth-order valence-corrected chi connectivity index (χ4v) is 3.92. The highest BCUT2D eigenvalue weighted by Crippen LogP contribution is 2.23. The predicted octanol–water partition coefficient (Wildman–Crippen LogP) is 7.68. The Hall–Kier alpha value is -3.32. The Balaban J connectivity index is 1.31. The SMILES string of the molecule is O=C(N/N=C\c1ccccc1OCc1ccc(Br)cc1)c1ccc(OCc2ccc(Cl)cc2Cl)cc1. The van der Waals surface area contributed by atoms with E-state index in [0.29, 0.717) is 33.7 Å². The van der Waals surface area contributed by atoms with Crippen LogP contribution in [0.3, 0.4) is 0 Å². The molecular formula is C28H21BrCl2N2O3. The van der Waals surface area contributed by atoms with Crippen LogP contribution in [0.4, 0.5) is 0 Å². The van der Waals surface area contributed by atoms with E-state index in [0.717, 1.165) is 21.2 Å². The van der Waals surface area contributed by atoms with Gasteiger partial charge in [0, 0.05) is 31.2 Å². The van der Waals surface area contributed by atoms with Gasteiger partial charge in [0.1, 0.15) is 24.7 Å². The summed E-state index contributed by atoms with van der Waals surface area (Å²) < 4.78 is 12.7. The maximum Gasteiger partial charge on any atom is 0.271 e. The van der Waals surface area contributed by atoms with Gasteiger partial charge < -0.3 is 9.47 Å². The second kappa shape index (κ2) is 12.6. The minimum absolute atomic E-state index is 0.287. The van der Waals surface area contributed by atoms with Crippen LogP contribution >= 0.6 is 39.1 Å². The lowest BCUT2D eigenvalue weighted by Crippen LogP contribution is -2.17. The molecule has 4 aromatic carbocycles. The number of nitrogens with one attached hydrogen (secondary N) is 1. The molecule has 8 heteroatoms. The summed E-state index contributed by atoms with van der Waals surface area (Å²) in [4.78, 5) is 12.5. The molecule has 5 nitrogen and oxygen atoms in total. The number of benzene rings is 4. The van der Waals surface area contributed by atoms with Crippen LogP contribution in [0.1, 0.15) is 27.0 Å². The van der Waals surface area contributed by atoms with E-state index in [-0.39, 0.29) is 12.5 Å². The quantitative estimate of drug-likeness (QED) is 0.162. The summed E-state index contributed by atoms with van der Waals surface area (Å²) in [7, 11) is 0. The molecule has 4 rings (SSSR count). The van der Waals surface area contributed by atoms with E-state index in [1.165, 1.54) is 0 Å². The molecule has 0 aliphatic carbocycles. The molecule has 0 saturated carbocycles. The summed E-state index contributed by atoms with van der Waals surface area (Å²) in [5.41, 5.74) is 5.60. The molecule has 0 aliphatic rings. The molecule has 0 radical (unpaired) electrons. The van der Waals surface area contributed by atoms with Crippen LogP contribution in [0.2, 0.25) is 10.0 Å². The lowest BCUT2D eigenvalue weighted by molar-refractivity contribution is 0.0955. The van der Waals surface area contributed by atoms with Crippen molar-refractivity contribution in [2.75, 3.05) is 0 Å². The second-order valence-electron chi connectivity index (χ2n) is 7.70. The molecule has 0 aromatic heterocycles. The van der Waals surface area contributed by atoms with E-state index < -0.39 is 0 Å². The number of hydrogen-bond acceptors (Lipinski definition) is 4. The number of carbonyl (C=O) groups excluding carboxylic acids is 1. The molecule has 0 saturated heterocycles. The maximum atomic E-state index is 12.5. The van der Waals surface area contributed by atoms with Crippen molar-refractivity contribution >= 4 is 51.3 Å². The molecule has 0 heterocycles. The lowest BCUT2D eigenvalue weighted by atomic mass is 10.2. The van der Waals surface area contributed by atoms with Gasteiger partial charge in [0.15, 0.2) is 0 Å². The van der Waals surface area contributed by atoms with Crippen LogP contribution < -0.4 is 14.9 Å². The van der Waals surface area contributed by atoms with Crippen molar-refractivity contribution in [1.29, 1.82) is 0 Å². The Labute approximate surface area is 227 Å². The Morgan fingerprint density at radius 1 is 0.889 bits per heavy atom. The third-order valence-electron chi connectivity index (χ3n) is 5.12. The average molecular weight is 584 g/mol. The van der Waals surface area contributed by atoms with Gasteiger partial charge in [-0.3, -0.25) is 4.79 Å². The number of hydrogen-bond donors (Lipinski definition) is 1. The Morgan fingerprint density at radius 3 is 2.39 bits per heavy atom. The molecule has 0 aliphatic heterocycles. The monoisotopic (exact) mass is 582 g/mol. The fourth-order valence-electron chi connectivity index (χ4n) is 3.19. The second-order valence-corrected chi connectivity index (χ2v) is 9.46. The zero-order valence-corrected chi connectivity index (χ0v) is 22.1. The van der Waals surface area contributed by atoms with Crippen molar-refractivity contribution < 1.29 is 14.3 Å². The highest BCUT2D eigenvalue weighted by atomic mass is 79.9. The first-order valence-corrected chi connectivity index (χ1v) is 12.5. The summed E-state index contributed by atoms with van der Waals surface area (Å²) in [6.45, 7) is 0.707. The molecule has 182 valence electrons. The molecule has 0 atom stereocenters. The Bertz CT molecular complexity index is 1360. The van der Waals surface area contributed by atoms with Crippen molar-refractivity contribution in [3.05, 3.63) is 128 Å². The van der Waals surface area contributed by atoms with E-state index in [4.69, 9.17) is 32.7 Å². The van der Waals surface area contributed by atoms with Crippen molar-refractivity contribution in [2.24, 2.45) is 5.10 Å². The standard InChI is InChI=1S/C28H21BrCl2N2O3/c29-23-10-5-19(6-11-23)17-36-27-4-2-1-3-21(27)16-32-33-28(34)20-8-13-25(14-9-20)35-18-22-7-12-24(30)15-26(22)31/h1-16H,17-18H2,(H,33,34)/b32-16-. The third-order valence-corrected chi connectivity index (χ3v) is 6.24. The first-order chi connectivity index (χ1) is 17.5. The van der Waals surface area contributed by atoms with Crippen LogP contribution in [-0.4, -0.2) is 12.1 Å². The zero-order valence-electron chi connectivity index (χ0n) is 19.0. The van der Waals surface area contributed by atoms with Gasteiger partial charge in [-0.1, -0.05) is 69.5 Å². The van der Waals surface area contributed by atoms with Crippen LogP contribution in [0.25, 0.3) is 0 Å². The van der Waals surface area contributed by atoms with Gasteiger partial charge in [-0.2, -0.15) is 5.10 Å². The topological polar surface area (TPSA) is 59.9 Å². The minimum atomic E-state index is -0.341. The van der Waals surface area contributed by atoms with Crippen molar-refractivity contribution in [3.8, 4) is 11.5 Å². The van der Waals surface area contributed by atoms with Crippen molar-refractivity contribution in [1.82, 2.24) is 5.43 Å². The zero-order chi connectivity index (χ0) is 25.3. The molecule has 0 fully saturated rings. The highest BCUT2D eigenvalue weighted by Gasteiger charge is 2.07. The van der Waals surface area contributed by atoms with Gasteiger partial charge in [-0.25, -0.2) is 5.43 Å². The summed E-state index contributed by atoms with van der Waals surface area (Å²) in [5, 5.41) is 5.20. The first kappa shape index (κ1) is 25.8. The van der Waals surface area contributed by atoms with Crippen LogP contribution in [-0.2, 0) is 13.2 Å². The number of ether oxygens (including phenoxy) is 2. The van der Waals surface area contributed by atoms with Gasteiger partial charge in [0.05, 0.1) is 6.21 Å². The van der Waals surface area contributed by atoms with Gasteiger partial charge >= 0.3 is 0 Å². The Morgan fingerprint density at radius 2 is 1.64 bits per heavy atom. The summed E-state index contributed by atoms with van der Waals surface area (Å²) in [5.74, 6) is 0.936. The fraction of sp³-hybridized carbons (Fsp3) is 0.0714. The van der Waals surface area contributed by atoms with E-state index in [9.17, 15) is 4.79 Å². The summed E-state index contributed by atoms with van der Waals surface area (Å²) >= 11 is 15.5. The molecule has 1 N–H and O–H groups in total. The number of rotatable bonds is 9. The number of halogens is 3. The first-order valence-electron chi connectivity index (χ1n) is 10.9. The highest BCUT2D eigenvalue weighted by molar-refractivity contribution is 9.10. The van der Waals surface area contributed by atoms with Crippen LogP contribution in [0.15, 0.2) is 101 Å². The van der Waals surface area contributed by atoms with Gasteiger partial charge in [0.2, 0.25) is 0 Å². The number of hydrazone groups is 1. The van der Waals surface area contributed by atoms with Gasteiger partial charge in [0.25, 0.3) is 5.91 Å². The molecule has 0 bridgehead atoms. The Kier molecular flexibility index (Phi) is 9.01. The average Bonchev–Trinajstić information content (AvgIpc) is 2.89. The van der Waals surface area contributed by atoms with E-state index in [1.807, 2.05) is 54.6 Å². The van der Waals surface area contributed by atoms with E-state index in [2.05, 4.69) is 26.5 Å². The van der Waals surface area contributed by atoms with E-state index in [1.54, 1.807) is 42.6 Å². The van der Waals surface area contributed by atoms with Crippen molar-refractivity contribution in [2.45, 2.75) is 13.2 Å². The molecule has 4 aromatic rings. The maximum absolute atomic E-state index is 12.5. The molecule has 1 amide bonds. The summed E-state index contributed by atoms with van der Waals surface area (Å²) in [6, 6.07) is 27.4. The minimum Gasteiger partial charge on any atom is -0.489 e. The smallest absolute Gasteiger partial charge is 0.271 e. The molecule has 0 spiro atoms. The van der Waals surface area contributed by atoms with Gasteiger partial charge in [-0.15, -0.1) is 0 Å². The van der Waals surface area contributed by atoms with Crippen LogP contribution in [0, 0.1) is 0 Å². The number of para-hydroxylation sites is 1. The summed E-state index contributed by atoms with van der Waals surface area (Å²) in [6.07, 6.45) is 1.56. The third kappa shape index (κ3) is 7.34. The van der Waals surface area contributed by atoms with Gasteiger partial charge in [-0.05, 0) is 66.2 Å². The number of amides is 1. The molecule has 0 unspecified atom stereocenters. The molecule has 36 heavy (non-hydrogen) atoms. The van der Waals surface area contributed by atoms with Crippen LogP contribution in [0.5, 0.6) is 11.5 Å². The largest absolute Gasteiger partial charge is 0.489 e. The normalized spacial score (nSPS) is 10.9. The number of carbonyl (C=O) groups is 1. The molecular weight excluding hydrogens is 563 g/mol. The number of nitrogens with zero attached hydrogens (tertiary/aromatic N) is 1. The van der Waals surface area contributed by atoms with Crippen molar-refractivity contribution in [3.63, 3.8) is 0 Å². The predicted molar refractivity (Wildman–Crippen MR) is 147 cm³/mol.